The molecular weight excluding hydrogens is 452 g/mol. The van der Waals surface area contributed by atoms with Gasteiger partial charge in [-0.25, -0.2) is 0 Å². The predicted octanol–water partition coefficient (Wildman–Crippen LogP) is 3.53. The molecule has 0 N–H and O–H groups in total. The number of aryl methyl sites for hydroxylation is 1. The van der Waals surface area contributed by atoms with Crippen molar-refractivity contribution in [1.29, 1.82) is 0 Å². The van der Waals surface area contributed by atoms with E-state index in [9.17, 15) is 9.59 Å². The van der Waals surface area contributed by atoms with Gasteiger partial charge in [0.25, 0.3) is 5.91 Å². The molecule has 0 fully saturated rings. The highest BCUT2D eigenvalue weighted by Crippen LogP contribution is 2.24. The number of halogens is 1. The number of nitrogens with zero attached hydrogens (tertiary/aromatic N) is 4. The van der Waals surface area contributed by atoms with E-state index in [4.69, 9.17) is 21.1 Å². The second kappa shape index (κ2) is 11.0. The zero-order chi connectivity index (χ0) is 23.1. The number of carbonyl (C=O) groups is 2. The van der Waals surface area contributed by atoms with Crippen LogP contribution in [-0.4, -0.2) is 58.1 Å². The first-order chi connectivity index (χ1) is 15.4. The van der Waals surface area contributed by atoms with E-state index in [2.05, 4.69) is 10.2 Å². The van der Waals surface area contributed by atoms with E-state index in [1.807, 2.05) is 43.3 Å². The second-order valence-electron chi connectivity index (χ2n) is 6.93. The number of amides is 1. The first-order valence-electron chi connectivity index (χ1n) is 9.70. The Bertz CT molecular complexity index is 1110. The van der Waals surface area contributed by atoms with E-state index in [0.717, 1.165) is 28.6 Å². The molecule has 0 radical (unpaired) electrons. The normalized spacial score (nSPS) is 10.6. The van der Waals surface area contributed by atoms with Crippen LogP contribution in [0.4, 0.5) is 0 Å². The fourth-order valence-electron chi connectivity index (χ4n) is 2.83. The van der Waals surface area contributed by atoms with Gasteiger partial charge in [0.1, 0.15) is 12.1 Å². The predicted molar refractivity (Wildman–Crippen MR) is 122 cm³/mol. The molecule has 0 saturated heterocycles. The minimum Gasteiger partial charge on any atom is -0.496 e. The van der Waals surface area contributed by atoms with Crippen LogP contribution in [-0.2, 0) is 20.9 Å². The SMILES string of the molecule is COc1ccccc1CN(C)C(=O)COC(=O)CSc1nncn1-c1ccc(C)c(Cl)c1. The number of thioether (sulfide) groups is 1. The standard InChI is InChI=1S/C22H23ClN4O4S/c1-15-8-9-17(10-18(15)23)27-14-24-25-22(27)32-13-21(29)31-12-20(28)26(2)11-16-6-4-5-7-19(16)30-3/h4-10,14H,11-13H2,1-3H3. The smallest absolute Gasteiger partial charge is 0.316 e. The summed E-state index contributed by atoms with van der Waals surface area (Å²) in [4.78, 5) is 26.0. The number of hydrogen-bond acceptors (Lipinski definition) is 7. The maximum Gasteiger partial charge on any atom is 0.316 e. The number of hydrogen-bond donors (Lipinski definition) is 0. The average molecular weight is 475 g/mol. The van der Waals surface area contributed by atoms with Gasteiger partial charge in [-0.05, 0) is 30.7 Å². The van der Waals surface area contributed by atoms with Crippen molar-refractivity contribution >= 4 is 35.2 Å². The molecule has 0 atom stereocenters. The Hall–Kier alpha value is -3.04. The van der Waals surface area contributed by atoms with E-state index in [1.54, 1.807) is 31.1 Å². The molecule has 0 aliphatic rings. The number of methoxy groups -OCH3 is 1. The lowest BCUT2D eigenvalue weighted by Gasteiger charge is -2.18. The molecule has 2 aromatic carbocycles. The maximum atomic E-state index is 12.3. The maximum absolute atomic E-state index is 12.3. The van der Waals surface area contributed by atoms with Gasteiger partial charge in [-0.3, -0.25) is 14.2 Å². The van der Waals surface area contributed by atoms with Crippen LogP contribution in [0, 0.1) is 6.92 Å². The van der Waals surface area contributed by atoms with Gasteiger partial charge in [-0.2, -0.15) is 0 Å². The highest BCUT2D eigenvalue weighted by Gasteiger charge is 2.16. The molecule has 0 bridgehead atoms. The Morgan fingerprint density at radius 2 is 2.00 bits per heavy atom. The van der Waals surface area contributed by atoms with Crippen LogP contribution < -0.4 is 4.74 Å². The Morgan fingerprint density at radius 3 is 2.75 bits per heavy atom. The number of benzene rings is 2. The quantitative estimate of drug-likeness (QED) is 0.346. The Kier molecular flexibility index (Phi) is 8.13. The summed E-state index contributed by atoms with van der Waals surface area (Å²) in [6.07, 6.45) is 1.55. The van der Waals surface area contributed by atoms with Crippen LogP contribution in [0.15, 0.2) is 53.9 Å². The van der Waals surface area contributed by atoms with Crippen molar-refractivity contribution in [2.24, 2.45) is 0 Å². The zero-order valence-corrected chi connectivity index (χ0v) is 19.5. The molecule has 1 heterocycles. The third-order valence-electron chi connectivity index (χ3n) is 4.65. The lowest BCUT2D eigenvalue weighted by Crippen LogP contribution is -2.31. The highest BCUT2D eigenvalue weighted by molar-refractivity contribution is 7.99. The van der Waals surface area contributed by atoms with Crippen molar-refractivity contribution < 1.29 is 19.1 Å². The number of esters is 1. The van der Waals surface area contributed by atoms with E-state index in [-0.39, 0.29) is 18.3 Å². The second-order valence-corrected chi connectivity index (χ2v) is 8.28. The molecule has 8 nitrogen and oxygen atoms in total. The summed E-state index contributed by atoms with van der Waals surface area (Å²) >= 11 is 7.36. The number of likely N-dealkylation sites (N-methyl/N-ethyl adjacent to an activating group) is 1. The molecule has 32 heavy (non-hydrogen) atoms. The highest BCUT2D eigenvalue weighted by atomic mass is 35.5. The van der Waals surface area contributed by atoms with Gasteiger partial charge in [0.05, 0.1) is 18.6 Å². The number of carbonyl (C=O) groups excluding carboxylic acids is 2. The number of ether oxygens (including phenoxy) is 2. The van der Waals surface area contributed by atoms with Crippen molar-refractivity contribution in [2.75, 3.05) is 26.5 Å². The summed E-state index contributed by atoms with van der Waals surface area (Å²) in [5, 5.41) is 9.09. The van der Waals surface area contributed by atoms with Gasteiger partial charge in [0.2, 0.25) is 0 Å². The molecular formula is C22H23ClN4O4S. The molecule has 0 unspecified atom stereocenters. The molecule has 1 amide bonds. The molecule has 168 valence electrons. The van der Waals surface area contributed by atoms with E-state index >= 15 is 0 Å². The van der Waals surface area contributed by atoms with Gasteiger partial charge in [0.15, 0.2) is 11.8 Å². The minimum atomic E-state index is -0.523. The van der Waals surface area contributed by atoms with Crippen molar-refractivity contribution in [3.05, 3.63) is 64.9 Å². The van der Waals surface area contributed by atoms with E-state index in [1.165, 1.54) is 4.90 Å². The Morgan fingerprint density at radius 1 is 1.22 bits per heavy atom. The molecule has 1 aromatic heterocycles. The summed E-state index contributed by atoms with van der Waals surface area (Å²) in [6, 6.07) is 13.0. The van der Waals surface area contributed by atoms with Crippen molar-refractivity contribution in [3.63, 3.8) is 0 Å². The summed E-state index contributed by atoms with van der Waals surface area (Å²) < 4.78 is 12.2. The van der Waals surface area contributed by atoms with Crippen LogP contribution in [0.3, 0.4) is 0 Å². The van der Waals surface area contributed by atoms with Crippen LogP contribution in [0.2, 0.25) is 5.02 Å². The largest absolute Gasteiger partial charge is 0.496 e. The van der Waals surface area contributed by atoms with Gasteiger partial charge in [-0.1, -0.05) is 47.6 Å². The molecule has 0 spiro atoms. The molecule has 0 aliphatic heterocycles. The monoisotopic (exact) mass is 474 g/mol. The topological polar surface area (TPSA) is 86.5 Å². The van der Waals surface area contributed by atoms with Crippen LogP contribution >= 0.6 is 23.4 Å². The Labute approximate surface area is 195 Å². The lowest BCUT2D eigenvalue weighted by molar-refractivity contribution is -0.149. The van der Waals surface area contributed by atoms with Gasteiger partial charge in [-0.15, -0.1) is 10.2 Å². The van der Waals surface area contributed by atoms with Crippen molar-refractivity contribution in [2.45, 2.75) is 18.6 Å². The van der Waals surface area contributed by atoms with Gasteiger partial charge >= 0.3 is 5.97 Å². The minimum absolute atomic E-state index is 0.0121. The molecule has 0 saturated carbocycles. The molecule has 0 aliphatic carbocycles. The summed E-state index contributed by atoms with van der Waals surface area (Å²) in [7, 11) is 3.22. The fourth-order valence-corrected chi connectivity index (χ4v) is 3.73. The van der Waals surface area contributed by atoms with Crippen molar-refractivity contribution in [1.82, 2.24) is 19.7 Å². The van der Waals surface area contributed by atoms with E-state index in [0.29, 0.717) is 22.5 Å². The van der Waals surface area contributed by atoms with Crippen LogP contribution in [0.5, 0.6) is 5.75 Å². The summed E-state index contributed by atoms with van der Waals surface area (Å²) in [6.45, 7) is 1.92. The van der Waals surface area contributed by atoms with Gasteiger partial charge < -0.3 is 14.4 Å². The van der Waals surface area contributed by atoms with Crippen molar-refractivity contribution in [3.8, 4) is 11.4 Å². The average Bonchev–Trinajstić information content (AvgIpc) is 3.26. The first kappa shape index (κ1) is 23.6. The zero-order valence-electron chi connectivity index (χ0n) is 17.9. The number of rotatable bonds is 9. The van der Waals surface area contributed by atoms with E-state index < -0.39 is 5.97 Å². The first-order valence-corrected chi connectivity index (χ1v) is 11.1. The Balaban J connectivity index is 1.50. The van der Waals surface area contributed by atoms with Crippen LogP contribution in [0.1, 0.15) is 11.1 Å². The molecule has 3 aromatic rings. The lowest BCUT2D eigenvalue weighted by atomic mass is 10.2. The number of para-hydroxylation sites is 1. The number of aromatic nitrogens is 3. The van der Waals surface area contributed by atoms with Crippen LogP contribution in [0.25, 0.3) is 5.69 Å². The third-order valence-corrected chi connectivity index (χ3v) is 5.98. The summed E-state index contributed by atoms with van der Waals surface area (Å²) in [5.41, 5.74) is 2.61. The summed E-state index contributed by atoms with van der Waals surface area (Å²) in [5.74, 6) is -0.154. The molecule has 10 heteroatoms. The third kappa shape index (κ3) is 6.02. The van der Waals surface area contributed by atoms with Gasteiger partial charge in [0, 0.05) is 24.2 Å². The molecule has 3 rings (SSSR count). The fraction of sp³-hybridized carbons (Fsp3) is 0.273.